The lowest BCUT2D eigenvalue weighted by molar-refractivity contribution is 0.240. The molecule has 2 amide bonds. The number of carbonyl (C=O) groups excluding carboxylic acids is 1. The fourth-order valence-corrected chi connectivity index (χ4v) is 4.51. The molecule has 136 valence electrons. The van der Waals surface area contributed by atoms with Crippen LogP contribution < -0.4 is 10.6 Å². The molecule has 1 aliphatic heterocycles. The Morgan fingerprint density at radius 3 is 2.67 bits per heavy atom. The molecule has 2 aliphatic rings. The molecular weight excluding hydrogens is 334 g/mol. The van der Waals surface area contributed by atoms with Crippen molar-refractivity contribution in [2.75, 3.05) is 0 Å². The molecule has 0 radical (unpaired) electrons. The smallest absolute Gasteiger partial charge is 0.320 e. The van der Waals surface area contributed by atoms with E-state index < -0.39 is 0 Å². The number of benzene rings is 2. The van der Waals surface area contributed by atoms with Gasteiger partial charge in [-0.2, -0.15) is 0 Å². The number of amides is 2. The molecule has 2 N–H and O–H groups in total. The van der Waals surface area contributed by atoms with Crippen LogP contribution in [0.2, 0.25) is 0 Å². The minimum absolute atomic E-state index is 0.0907. The summed E-state index contributed by atoms with van der Waals surface area (Å²) < 4.78 is 2.30. The number of hydrogen-bond acceptors (Lipinski definition) is 1. The van der Waals surface area contributed by atoms with Crippen molar-refractivity contribution in [2.45, 2.75) is 38.8 Å². The van der Waals surface area contributed by atoms with Crippen LogP contribution in [-0.4, -0.2) is 10.6 Å². The SMILES string of the molecule is CC(C)n1cc(C2NC(=O)NC3=C2CCc2ccccc23)c2ccccc21. The third-order valence-corrected chi connectivity index (χ3v) is 5.77. The molecule has 1 aromatic heterocycles. The normalized spacial score (nSPS) is 18.9. The summed E-state index contributed by atoms with van der Waals surface area (Å²) in [5.74, 6) is 0. The Hall–Kier alpha value is -3.01. The number of hydrogen-bond donors (Lipinski definition) is 2. The van der Waals surface area contributed by atoms with E-state index in [1.807, 2.05) is 6.07 Å². The predicted molar refractivity (Wildman–Crippen MR) is 108 cm³/mol. The van der Waals surface area contributed by atoms with Crippen LogP contribution in [0.4, 0.5) is 4.79 Å². The van der Waals surface area contributed by atoms with Crippen molar-refractivity contribution < 1.29 is 4.79 Å². The maximum absolute atomic E-state index is 12.5. The zero-order valence-electron chi connectivity index (χ0n) is 15.6. The average Bonchev–Trinajstić information content (AvgIpc) is 3.07. The summed E-state index contributed by atoms with van der Waals surface area (Å²) in [6, 6.07) is 17.0. The van der Waals surface area contributed by atoms with Crippen LogP contribution >= 0.6 is 0 Å². The Bertz CT molecular complexity index is 1090. The van der Waals surface area contributed by atoms with Gasteiger partial charge >= 0.3 is 6.03 Å². The van der Waals surface area contributed by atoms with Gasteiger partial charge in [-0.05, 0) is 43.9 Å². The number of fused-ring (bicyclic) bond motifs is 3. The molecule has 1 aliphatic carbocycles. The number of nitrogens with one attached hydrogen (secondary N) is 2. The number of rotatable bonds is 2. The van der Waals surface area contributed by atoms with Crippen molar-refractivity contribution in [2.24, 2.45) is 0 Å². The first-order valence-electron chi connectivity index (χ1n) is 9.62. The van der Waals surface area contributed by atoms with E-state index in [-0.39, 0.29) is 12.1 Å². The second-order valence-corrected chi connectivity index (χ2v) is 7.69. The van der Waals surface area contributed by atoms with E-state index in [2.05, 4.69) is 77.7 Å². The molecule has 1 atom stereocenters. The molecule has 0 spiro atoms. The van der Waals surface area contributed by atoms with Gasteiger partial charge in [0, 0.05) is 34.3 Å². The van der Waals surface area contributed by atoms with E-state index in [9.17, 15) is 4.79 Å². The predicted octanol–water partition coefficient (Wildman–Crippen LogP) is 4.93. The molecule has 4 heteroatoms. The van der Waals surface area contributed by atoms with Crippen molar-refractivity contribution >= 4 is 22.6 Å². The molecule has 0 saturated carbocycles. The van der Waals surface area contributed by atoms with Crippen molar-refractivity contribution in [1.82, 2.24) is 15.2 Å². The summed E-state index contributed by atoms with van der Waals surface area (Å²) >= 11 is 0. The highest BCUT2D eigenvalue weighted by Gasteiger charge is 2.33. The number of aryl methyl sites for hydroxylation is 1. The number of para-hydroxylation sites is 1. The fourth-order valence-electron chi connectivity index (χ4n) is 4.51. The minimum atomic E-state index is -0.128. The van der Waals surface area contributed by atoms with E-state index >= 15 is 0 Å². The molecule has 3 aromatic rings. The lowest BCUT2D eigenvalue weighted by atomic mass is 9.83. The molecule has 2 heterocycles. The first-order chi connectivity index (χ1) is 13.1. The van der Waals surface area contributed by atoms with Crippen LogP contribution in [0.15, 0.2) is 60.3 Å². The largest absolute Gasteiger partial charge is 0.345 e. The van der Waals surface area contributed by atoms with Gasteiger partial charge in [0.25, 0.3) is 0 Å². The van der Waals surface area contributed by atoms with Crippen LogP contribution in [0.1, 0.15) is 49.0 Å². The zero-order chi connectivity index (χ0) is 18.5. The maximum atomic E-state index is 12.5. The van der Waals surface area contributed by atoms with Crippen molar-refractivity contribution in [3.63, 3.8) is 0 Å². The Balaban J connectivity index is 1.72. The van der Waals surface area contributed by atoms with Gasteiger partial charge in [0.15, 0.2) is 0 Å². The van der Waals surface area contributed by atoms with E-state index in [1.54, 1.807) is 0 Å². The van der Waals surface area contributed by atoms with Crippen molar-refractivity contribution in [1.29, 1.82) is 0 Å². The third-order valence-electron chi connectivity index (χ3n) is 5.77. The van der Waals surface area contributed by atoms with Crippen LogP contribution in [0.25, 0.3) is 16.6 Å². The summed E-state index contributed by atoms with van der Waals surface area (Å²) in [6.45, 7) is 4.39. The quantitative estimate of drug-likeness (QED) is 0.671. The van der Waals surface area contributed by atoms with Gasteiger partial charge in [-0.1, -0.05) is 42.5 Å². The molecule has 1 unspecified atom stereocenters. The van der Waals surface area contributed by atoms with Crippen LogP contribution in [0.5, 0.6) is 0 Å². The second-order valence-electron chi connectivity index (χ2n) is 7.69. The molecule has 0 saturated heterocycles. The lowest BCUT2D eigenvalue weighted by Crippen LogP contribution is -2.44. The first-order valence-corrected chi connectivity index (χ1v) is 9.62. The number of urea groups is 1. The van der Waals surface area contributed by atoms with Gasteiger partial charge < -0.3 is 15.2 Å². The van der Waals surface area contributed by atoms with Crippen molar-refractivity contribution in [3.8, 4) is 0 Å². The van der Waals surface area contributed by atoms with Gasteiger partial charge in [-0.25, -0.2) is 4.79 Å². The van der Waals surface area contributed by atoms with E-state index in [0.717, 1.165) is 24.1 Å². The standard InChI is InChI=1S/C23H23N3O/c1-14(2)26-13-19(17-9-5-6-10-20(17)26)22-18-12-11-15-7-3-4-8-16(15)21(18)24-23(27)25-22/h3-10,13-14,22H,11-12H2,1-2H3,(H2,24,25,27). The third kappa shape index (κ3) is 2.47. The molecule has 0 fully saturated rings. The summed E-state index contributed by atoms with van der Waals surface area (Å²) in [5, 5.41) is 7.47. The lowest BCUT2D eigenvalue weighted by Gasteiger charge is -2.34. The van der Waals surface area contributed by atoms with Crippen LogP contribution in [0, 0.1) is 0 Å². The zero-order valence-corrected chi connectivity index (χ0v) is 15.6. The molecule has 2 aromatic carbocycles. The second kappa shape index (κ2) is 6.02. The Morgan fingerprint density at radius 2 is 1.81 bits per heavy atom. The first kappa shape index (κ1) is 16.2. The highest BCUT2D eigenvalue weighted by atomic mass is 16.2. The average molecular weight is 357 g/mol. The Morgan fingerprint density at radius 1 is 1.04 bits per heavy atom. The van der Waals surface area contributed by atoms with Gasteiger partial charge in [-0.3, -0.25) is 0 Å². The van der Waals surface area contributed by atoms with Crippen LogP contribution in [0.3, 0.4) is 0 Å². The van der Waals surface area contributed by atoms with E-state index in [4.69, 9.17) is 0 Å². The molecule has 5 rings (SSSR count). The van der Waals surface area contributed by atoms with Gasteiger partial charge in [0.1, 0.15) is 0 Å². The van der Waals surface area contributed by atoms with Gasteiger partial charge in [0.2, 0.25) is 0 Å². The monoisotopic (exact) mass is 357 g/mol. The molecule has 4 nitrogen and oxygen atoms in total. The molecular formula is C23H23N3O. The van der Waals surface area contributed by atoms with Gasteiger partial charge in [-0.15, -0.1) is 0 Å². The Labute approximate surface area is 158 Å². The fraction of sp³-hybridized carbons (Fsp3) is 0.261. The number of nitrogens with zero attached hydrogens (tertiary/aromatic N) is 1. The molecule has 0 bridgehead atoms. The summed E-state index contributed by atoms with van der Waals surface area (Å²) in [6.07, 6.45) is 4.17. The highest BCUT2D eigenvalue weighted by Crippen LogP contribution is 2.41. The number of aromatic nitrogens is 1. The minimum Gasteiger partial charge on any atom is -0.345 e. The maximum Gasteiger partial charge on any atom is 0.320 e. The number of carbonyl (C=O) groups is 1. The van der Waals surface area contributed by atoms with Crippen LogP contribution in [-0.2, 0) is 6.42 Å². The summed E-state index contributed by atoms with van der Waals surface area (Å²) in [4.78, 5) is 12.5. The topological polar surface area (TPSA) is 46.1 Å². The molecule has 27 heavy (non-hydrogen) atoms. The van der Waals surface area contributed by atoms with Crippen molar-refractivity contribution in [3.05, 3.63) is 77.0 Å². The Kier molecular flexibility index (Phi) is 3.61. The summed E-state index contributed by atoms with van der Waals surface area (Å²) in [5.41, 5.74) is 7.13. The van der Waals surface area contributed by atoms with E-state index in [0.29, 0.717) is 6.04 Å². The summed E-state index contributed by atoms with van der Waals surface area (Å²) in [7, 11) is 0. The highest BCUT2D eigenvalue weighted by molar-refractivity contribution is 5.93. The van der Waals surface area contributed by atoms with E-state index in [1.165, 1.54) is 27.6 Å². The van der Waals surface area contributed by atoms with Gasteiger partial charge in [0.05, 0.1) is 11.7 Å².